The maximum atomic E-state index is 9.76. The molecule has 1 aliphatic rings. The van der Waals surface area contributed by atoms with Crippen LogP contribution in [0.1, 0.15) is 25.8 Å². The molecule has 82 valence electrons. The second-order valence-electron chi connectivity index (χ2n) is 4.86. The van der Waals surface area contributed by atoms with Gasteiger partial charge in [-0.25, -0.2) is 0 Å². The molecule has 1 heterocycles. The third-order valence-corrected chi connectivity index (χ3v) is 3.13. The predicted molar refractivity (Wildman–Crippen MR) is 66.2 cm³/mol. The molecule has 2 N–H and O–H groups in total. The Labute approximate surface area is 98.8 Å². The van der Waals surface area contributed by atoms with Crippen molar-refractivity contribution in [1.29, 1.82) is 0 Å². The van der Waals surface area contributed by atoms with Crippen molar-refractivity contribution in [3.05, 3.63) is 28.2 Å². The largest absolute Gasteiger partial charge is 0.390 e. The van der Waals surface area contributed by atoms with Gasteiger partial charge in [-0.05, 0) is 50.5 Å². The number of anilines is 1. The summed E-state index contributed by atoms with van der Waals surface area (Å²) >= 11 is 3.47. The van der Waals surface area contributed by atoms with Gasteiger partial charge in [-0.1, -0.05) is 15.9 Å². The molecule has 1 unspecified atom stereocenters. The first-order chi connectivity index (χ1) is 6.94. The summed E-state index contributed by atoms with van der Waals surface area (Å²) in [6, 6.07) is 6.63. The molecule has 15 heavy (non-hydrogen) atoms. The second kappa shape index (κ2) is 3.80. The summed E-state index contributed by atoms with van der Waals surface area (Å²) in [5.41, 5.74) is 1.93. The van der Waals surface area contributed by atoms with E-state index in [0.717, 1.165) is 17.3 Å². The molecule has 1 aliphatic heterocycles. The number of hydrogen-bond donors (Lipinski definition) is 2. The number of benzene rings is 1. The van der Waals surface area contributed by atoms with Crippen LogP contribution in [0, 0.1) is 0 Å². The monoisotopic (exact) mass is 269 g/mol. The van der Waals surface area contributed by atoms with Crippen molar-refractivity contribution < 1.29 is 5.11 Å². The zero-order valence-corrected chi connectivity index (χ0v) is 10.6. The number of aliphatic hydroxyl groups is 1. The van der Waals surface area contributed by atoms with E-state index in [2.05, 4.69) is 33.4 Å². The van der Waals surface area contributed by atoms with E-state index in [1.54, 1.807) is 0 Å². The topological polar surface area (TPSA) is 32.3 Å². The first-order valence-corrected chi connectivity index (χ1v) is 6.01. The van der Waals surface area contributed by atoms with Crippen LogP contribution in [0.2, 0.25) is 0 Å². The highest BCUT2D eigenvalue weighted by molar-refractivity contribution is 9.10. The molecule has 0 bridgehead atoms. The first kappa shape index (κ1) is 11.0. The van der Waals surface area contributed by atoms with Crippen molar-refractivity contribution in [2.24, 2.45) is 0 Å². The van der Waals surface area contributed by atoms with Gasteiger partial charge in [-0.15, -0.1) is 0 Å². The lowest BCUT2D eigenvalue weighted by Crippen LogP contribution is -2.29. The second-order valence-corrected chi connectivity index (χ2v) is 5.78. The van der Waals surface area contributed by atoms with Crippen LogP contribution in [0.25, 0.3) is 0 Å². The van der Waals surface area contributed by atoms with E-state index in [4.69, 9.17) is 0 Å². The molecule has 0 aliphatic carbocycles. The smallest absolute Gasteiger partial charge is 0.0611 e. The molecular weight excluding hydrogens is 254 g/mol. The highest BCUT2D eigenvalue weighted by Gasteiger charge is 2.26. The molecule has 1 aromatic carbocycles. The Balaban J connectivity index is 2.09. The van der Waals surface area contributed by atoms with Crippen molar-refractivity contribution in [2.45, 2.75) is 38.3 Å². The number of rotatable bonds is 2. The minimum Gasteiger partial charge on any atom is -0.390 e. The molecular formula is C12H16BrNO. The number of halogens is 1. The summed E-state index contributed by atoms with van der Waals surface area (Å²) in [6.45, 7) is 3.71. The zero-order valence-electron chi connectivity index (χ0n) is 9.05. The molecule has 0 aromatic heterocycles. The van der Waals surface area contributed by atoms with Crippen molar-refractivity contribution in [2.75, 3.05) is 5.32 Å². The molecule has 0 spiro atoms. The SMILES string of the molecule is CC(C)(O)CC1Cc2cc(Br)ccc2N1. The van der Waals surface area contributed by atoms with Crippen molar-refractivity contribution >= 4 is 21.6 Å². The Morgan fingerprint density at radius 1 is 1.53 bits per heavy atom. The third-order valence-electron chi connectivity index (χ3n) is 2.64. The van der Waals surface area contributed by atoms with Crippen LogP contribution in [0.15, 0.2) is 22.7 Å². The lowest BCUT2D eigenvalue weighted by atomic mass is 9.97. The highest BCUT2D eigenvalue weighted by Crippen LogP contribution is 2.31. The maximum Gasteiger partial charge on any atom is 0.0611 e. The van der Waals surface area contributed by atoms with Crippen LogP contribution in [0.5, 0.6) is 0 Å². The lowest BCUT2D eigenvalue weighted by molar-refractivity contribution is 0.0663. The van der Waals surface area contributed by atoms with Gasteiger partial charge in [0.25, 0.3) is 0 Å². The van der Waals surface area contributed by atoms with Gasteiger partial charge >= 0.3 is 0 Å². The summed E-state index contributed by atoms with van der Waals surface area (Å²) in [5.74, 6) is 0. The highest BCUT2D eigenvalue weighted by atomic mass is 79.9. The number of nitrogens with one attached hydrogen (secondary N) is 1. The Bertz CT molecular complexity index is 370. The average molecular weight is 270 g/mol. The number of fused-ring (bicyclic) bond motifs is 1. The Hall–Kier alpha value is -0.540. The molecule has 0 saturated heterocycles. The number of hydrogen-bond acceptors (Lipinski definition) is 2. The Morgan fingerprint density at radius 2 is 2.27 bits per heavy atom. The van der Waals surface area contributed by atoms with Crippen LogP contribution in [0.4, 0.5) is 5.69 Å². The predicted octanol–water partition coefficient (Wildman–Crippen LogP) is 2.95. The fourth-order valence-electron chi connectivity index (χ4n) is 2.13. The van der Waals surface area contributed by atoms with Crippen LogP contribution >= 0.6 is 15.9 Å². The van der Waals surface area contributed by atoms with Crippen molar-refractivity contribution in [3.63, 3.8) is 0 Å². The molecule has 0 amide bonds. The molecule has 2 rings (SSSR count). The van der Waals surface area contributed by atoms with Gasteiger partial charge in [0.05, 0.1) is 5.60 Å². The van der Waals surface area contributed by atoms with E-state index < -0.39 is 5.60 Å². The average Bonchev–Trinajstić information content (AvgIpc) is 2.42. The molecule has 0 saturated carbocycles. The fourth-order valence-corrected chi connectivity index (χ4v) is 2.54. The minimum absolute atomic E-state index is 0.356. The molecule has 0 fully saturated rings. The zero-order chi connectivity index (χ0) is 11.1. The quantitative estimate of drug-likeness (QED) is 0.866. The molecule has 0 radical (unpaired) electrons. The van der Waals surface area contributed by atoms with Gasteiger partial charge < -0.3 is 10.4 Å². The van der Waals surface area contributed by atoms with Crippen LogP contribution < -0.4 is 5.32 Å². The van der Waals surface area contributed by atoms with Crippen molar-refractivity contribution in [1.82, 2.24) is 0 Å². The Kier molecular flexibility index (Phi) is 2.77. The van der Waals surface area contributed by atoms with Gasteiger partial charge in [-0.2, -0.15) is 0 Å². The molecule has 3 heteroatoms. The molecule has 1 atom stereocenters. The van der Waals surface area contributed by atoms with E-state index >= 15 is 0 Å². The minimum atomic E-state index is -0.600. The van der Waals surface area contributed by atoms with E-state index in [9.17, 15) is 5.11 Å². The third kappa shape index (κ3) is 2.73. The van der Waals surface area contributed by atoms with Gasteiger partial charge in [0.15, 0.2) is 0 Å². The first-order valence-electron chi connectivity index (χ1n) is 5.21. The standard InChI is InChI=1S/C12H16BrNO/c1-12(2,15)7-10-6-8-5-9(13)3-4-11(8)14-10/h3-5,10,14-15H,6-7H2,1-2H3. The van der Waals surface area contributed by atoms with Crippen molar-refractivity contribution in [3.8, 4) is 0 Å². The van der Waals surface area contributed by atoms with E-state index in [-0.39, 0.29) is 0 Å². The van der Waals surface area contributed by atoms with Gasteiger partial charge in [0.1, 0.15) is 0 Å². The van der Waals surface area contributed by atoms with Gasteiger partial charge in [0.2, 0.25) is 0 Å². The summed E-state index contributed by atoms with van der Waals surface area (Å²) in [5, 5.41) is 13.2. The van der Waals surface area contributed by atoms with E-state index in [1.165, 1.54) is 11.3 Å². The lowest BCUT2D eigenvalue weighted by Gasteiger charge is -2.22. The summed E-state index contributed by atoms with van der Waals surface area (Å²) in [4.78, 5) is 0. The van der Waals surface area contributed by atoms with Crippen LogP contribution in [0.3, 0.4) is 0 Å². The molecule has 2 nitrogen and oxygen atoms in total. The summed E-state index contributed by atoms with van der Waals surface area (Å²) < 4.78 is 1.12. The maximum absolute atomic E-state index is 9.76. The summed E-state index contributed by atoms with van der Waals surface area (Å²) in [6.07, 6.45) is 1.78. The van der Waals surface area contributed by atoms with E-state index in [0.29, 0.717) is 6.04 Å². The van der Waals surface area contributed by atoms with Gasteiger partial charge in [-0.3, -0.25) is 0 Å². The normalized spacial score (nSPS) is 19.9. The summed E-state index contributed by atoms with van der Waals surface area (Å²) in [7, 11) is 0. The van der Waals surface area contributed by atoms with E-state index in [1.807, 2.05) is 19.9 Å². The van der Waals surface area contributed by atoms with Crippen LogP contribution in [-0.2, 0) is 6.42 Å². The van der Waals surface area contributed by atoms with Gasteiger partial charge in [0, 0.05) is 16.2 Å². The Morgan fingerprint density at radius 3 is 2.93 bits per heavy atom. The molecule has 1 aromatic rings. The fraction of sp³-hybridized carbons (Fsp3) is 0.500. The van der Waals surface area contributed by atoms with Crippen LogP contribution in [-0.4, -0.2) is 16.7 Å².